The maximum Gasteiger partial charge on any atom is 0.0521 e. The Morgan fingerprint density at radius 3 is 2.87 bits per heavy atom. The molecule has 1 heterocycles. The summed E-state index contributed by atoms with van der Waals surface area (Å²) >= 11 is 0. The van der Waals surface area contributed by atoms with Crippen molar-refractivity contribution in [2.24, 2.45) is 7.05 Å². The second-order valence-corrected chi connectivity index (χ2v) is 6.49. The number of aliphatic hydroxyl groups is 1. The van der Waals surface area contributed by atoms with Crippen molar-refractivity contribution < 1.29 is 5.11 Å². The van der Waals surface area contributed by atoms with E-state index in [2.05, 4.69) is 40.5 Å². The molecule has 3 rings (SSSR count). The van der Waals surface area contributed by atoms with E-state index in [1.807, 2.05) is 17.9 Å². The lowest BCUT2D eigenvalue weighted by atomic mass is 10.1. The van der Waals surface area contributed by atoms with Crippen molar-refractivity contribution >= 4 is 0 Å². The highest BCUT2D eigenvalue weighted by Crippen LogP contribution is 2.35. The van der Waals surface area contributed by atoms with Crippen LogP contribution in [-0.4, -0.2) is 39.5 Å². The van der Waals surface area contributed by atoms with Crippen LogP contribution in [0.2, 0.25) is 0 Å². The van der Waals surface area contributed by atoms with Crippen LogP contribution in [-0.2, 0) is 19.9 Å². The third-order valence-electron chi connectivity index (χ3n) is 4.81. The molecule has 1 unspecified atom stereocenters. The van der Waals surface area contributed by atoms with Crippen LogP contribution in [0.25, 0.3) is 0 Å². The Morgan fingerprint density at radius 1 is 1.26 bits per heavy atom. The Hall–Kier alpha value is -1.65. The molecule has 0 aliphatic heterocycles. The highest BCUT2D eigenvalue weighted by Gasteiger charge is 2.26. The third kappa shape index (κ3) is 4.01. The summed E-state index contributed by atoms with van der Waals surface area (Å²) in [7, 11) is 1.96. The lowest BCUT2D eigenvalue weighted by Gasteiger charge is -2.29. The molecule has 0 radical (unpaired) electrons. The monoisotopic (exact) mass is 313 g/mol. The van der Waals surface area contributed by atoms with Gasteiger partial charge in [-0.2, -0.15) is 5.10 Å². The van der Waals surface area contributed by atoms with Gasteiger partial charge in [-0.15, -0.1) is 0 Å². The van der Waals surface area contributed by atoms with Gasteiger partial charge in [0.25, 0.3) is 0 Å². The summed E-state index contributed by atoms with van der Waals surface area (Å²) in [6, 6.07) is 9.35. The minimum absolute atomic E-state index is 0.271. The molecule has 2 aromatic rings. The van der Waals surface area contributed by atoms with E-state index < -0.39 is 0 Å². The zero-order chi connectivity index (χ0) is 16.1. The predicted molar refractivity (Wildman–Crippen MR) is 92.3 cm³/mol. The first-order valence-corrected chi connectivity index (χ1v) is 8.68. The van der Waals surface area contributed by atoms with E-state index in [1.54, 1.807) is 0 Å². The Kier molecular flexibility index (Phi) is 5.47. The van der Waals surface area contributed by atoms with Crippen LogP contribution >= 0.6 is 0 Å². The van der Waals surface area contributed by atoms with Gasteiger partial charge in [0.15, 0.2) is 0 Å². The van der Waals surface area contributed by atoms with Crippen molar-refractivity contribution in [2.75, 3.05) is 19.7 Å². The van der Waals surface area contributed by atoms with E-state index in [1.165, 1.54) is 29.5 Å². The van der Waals surface area contributed by atoms with Crippen LogP contribution < -0.4 is 0 Å². The Labute approximate surface area is 138 Å². The number of aliphatic hydroxyl groups excluding tert-OH is 1. The molecule has 4 nitrogen and oxygen atoms in total. The smallest absolute Gasteiger partial charge is 0.0521 e. The molecule has 0 bridgehead atoms. The number of benzene rings is 1. The number of rotatable bonds is 8. The van der Waals surface area contributed by atoms with E-state index in [-0.39, 0.29) is 6.61 Å². The molecule has 0 saturated heterocycles. The second-order valence-electron chi connectivity index (χ2n) is 6.49. The highest BCUT2D eigenvalue weighted by atomic mass is 16.3. The molecule has 1 aromatic carbocycles. The fourth-order valence-electron chi connectivity index (χ4n) is 3.70. The van der Waals surface area contributed by atoms with Gasteiger partial charge in [-0.3, -0.25) is 9.58 Å². The summed E-state index contributed by atoms with van der Waals surface area (Å²) < 4.78 is 1.87. The largest absolute Gasteiger partial charge is 0.396 e. The second kappa shape index (κ2) is 7.75. The zero-order valence-electron chi connectivity index (χ0n) is 14.0. The van der Waals surface area contributed by atoms with Gasteiger partial charge < -0.3 is 5.11 Å². The number of hydrogen-bond donors (Lipinski definition) is 1. The summed E-state index contributed by atoms with van der Waals surface area (Å²) in [5, 5.41) is 13.5. The van der Waals surface area contributed by atoms with Crippen LogP contribution in [0.1, 0.15) is 42.0 Å². The Morgan fingerprint density at radius 2 is 2.09 bits per heavy atom. The molecule has 23 heavy (non-hydrogen) atoms. The Balaban J connectivity index is 1.61. The number of aromatic nitrogens is 2. The van der Waals surface area contributed by atoms with Gasteiger partial charge in [-0.05, 0) is 55.3 Å². The molecule has 1 aromatic heterocycles. The van der Waals surface area contributed by atoms with E-state index in [4.69, 9.17) is 0 Å². The minimum Gasteiger partial charge on any atom is -0.396 e. The maximum atomic E-state index is 9.22. The molecule has 124 valence electrons. The first kappa shape index (κ1) is 16.2. The van der Waals surface area contributed by atoms with Crippen molar-refractivity contribution in [3.8, 4) is 0 Å². The van der Waals surface area contributed by atoms with Gasteiger partial charge in [0.05, 0.1) is 6.20 Å². The lowest BCUT2D eigenvalue weighted by Crippen LogP contribution is -2.30. The average Bonchev–Trinajstić information content (AvgIpc) is 3.17. The van der Waals surface area contributed by atoms with Gasteiger partial charge in [0.2, 0.25) is 0 Å². The van der Waals surface area contributed by atoms with Crippen molar-refractivity contribution in [3.05, 3.63) is 53.3 Å². The first-order valence-electron chi connectivity index (χ1n) is 8.68. The topological polar surface area (TPSA) is 41.3 Å². The summed E-state index contributed by atoms with van der Waals surface area (Å²) in [6.45, 7) is 2.32. The number of fused-ring (bicyclic) bond motifs is 1. The quantitative estimate of drug-likeness (QED) is 0.815. The fraction of sp³-hybridized carbons (Fsp3) is 0.526. The summed E-state index contributed by atoms with van der Waals surface area (Å²) in [4.78, 5) is 2.57. The van der Waals surface area contributed by atoms with Gasteiger partial charge in [0, 0.05) is 32.4 Å². The fourth-order valence-corrected chi connectivity index (χ4v) is 3.70. The highest BCUT2D eigenvalue weighted by molar-refractivity contribution is 5.34. The molecule has 0 saturated carbocycles. The number of hydrogen-bond acceptors (Lipinski definition) is 3. The van der Waals surface area contributed by atoms with Crippen molar-refractivity contribution in [1.29, 1.82) is 0 Å². The van der Waals surface area contributed by atoms with E-state index in [0.29, 0.717) is 6.04 Å². The average molecular weight is 313 g/mol. The normalized spacial score (nSPS) is 16.9. The first-order chi connectivity index (χ1) is 11.3. The van der Waals surface area contributed by atoms with Crippen LogP contribution in [0.4, 0.5) is 0 Å². The molecule has 1 aliphatic carbocycles. The maximum absolute atomic E-state index is 9.22. The third-order valence-corrected chi connectivity index (χ3v) is 4.81. The lowest BCUT2D eigenvalue weighted by molar-refractivity contribution is 0.171. The van der Waals surface area contributed by atoms with Gasteiger partial charge in [0.1, 0.15) is 0 Å². The molecule has 4 heteroatoms. The van der Waals surface area contributed by atoms with Crippen molar-refractivity contribution in [2.45, 2.75) is 38.1 Å². The summed E-state index contributed by atoms with van der Waals surface area (Å²) in [5.41, 5.74) is 4.30. The van der Waals surface area contributed by atoms with Crippen LogP contribution in [0.5, 0.6) is 0 Å². The standard InChI is InChI=1S/C19H27N3O/c1-21-15-16(14-20-21)6-4-11-22(12-5-13-23)19-10-9-17-7-2-3-8-18(17)19/h2-3,7-8,14-15,19,23H,4-6,9-13H2,1H3. The van der Waals surface area contributed by atoms with Crippen molar-refractivity contribution in [3.63, 3.8) is 0 Å². The number of nitrogens with zero attached hydrogens (tertiary/aromatic N) is 3. The van der Waals surface area contributed by atoms with Crippen LogP contribution in [0.15, 0.2) is 36.7 Å². The van der Waals surface area contributed by atoms with Crippen LogP contribution in [0.3, 0.4) is 0 Å². The van der Waals surface area contributed by atoms with Gasteiger partial charge in [-0.1, -0.05) is 24.3 Å². The van der Waals surface area contributed by atoms with Crippen LogP contribution in [0, 0.1) is 0 Å². The van der Waals surface area contributed by atoms with E-state index in [0.717, 1.165) is 32.4 Å². The molecule has 1 N–H and O–H groups in total. The summed E-state index contributed by atoms with van der Waals surface area (Å²) in [5.74, 6) is 0. The van der Waals surface area contributed by atoms with Crippen molar-refractivity contribution in [1.82, 2.24) is 14.7 Å². The van der Waals surface area contributed by atoms with Gasteiger partial charge in [-0.25, -0.2) is 0 Å². The minimum atomic E-state index is 0.271. The number of aryl methyl sites for hydroxylation is 3. The van der Waals surface area contributed by atoms with Gasteiger partial charge >= 0.3 is 0 Å². The zero-order valence-corrected chi connectivity index (χ0v) is 14.0. The molecule has 1 aliphatic rings. The SMILES string of the molecule is Cn1cc(CCCN(CCCO)C2CCc3ccccc32)cn1. The predicted octanol–water partition coefficient (Wildman–Crippen LogP) is 2.72. The van der Waals surface area contributed by atoms with E-state index in [9.17, 15) is 5.11 Å². The molecule has 0 spiro atoms. The molecular formula is C19H27N3O. The molecular weight excluding hydrogens is 286 g/mol. The molecule has 0 fully saturated rings. The molecule has 1 atom stereocenters. The summed E-state index contributed by atoms with van der Waals surface area (Å²) in [6.07, 6.45) is 9.50. The molecule has 0 amide bonds. The van der Waals surface area contributed by atoms with E-state index >= 15 is 0 Å². The Bertz CT molecular complexity index is 623.